The van der Waals surface area contributed by atoms with Crippen molar-refractivity contribution < 1.29 is 4.79 Å². The zero-order valence-electron chi connectivity index (χ0n) is 10.4. The van der Waals surface area contributed by atoms with E-state index >= 15 is 0 Å². The smallest absolute Gasteiger partial charge is 0.164 e. The molecule has 0 bridgehead atoms. The number of rotatable bonds is 4. The quantitative estimate of drug-likeness (QED) is 0.653. The zero-order chi connectivity index (χ0) is 13.0. The monoisotopic (exact) mass is 328 g/mol. The average Bonchev–Trinajstić information content (AvgIpc) is 2.40. The highest BCUT2D eigenvalue weighted by Crippen LogP contribution is 2.29. The lowest BCUT2D eigenvalue weighted by Gasteiger charge is -2.21. The van der Waals surface area contributed by atoms with Crippen LogP contribution in [0.25, 0.3) is 0 Å². The van der Waals surface area contributed by atoms with Gasteiger partial charge < -0.3 is 0 Å². The number of hydrogen-bond donors (Lipinski definition) is 0. The summed E-state index contributed by atoms with van der Waals surface area (Å²) in [4.78, 5) is 12.2. The molecule has 2 rings (SSSR count). The van der Waals surface area contributed by atoms with Crippen molar-refractivity contribution in [2.45, 2.75) is 44.9 Å². The zero-order valence-corrected chi connectivity index (χ0v) is 12.8. The third-order valence-corrected chi connectivity index (χ3v) is 4.66. The van der Waals surface area contributed by atoms with E-state index in [0.717, 1.165) is 22.4 Å². The molecule has 98 valence electrons. The Morgan fingerprint density at radius 2 is 2.00 bits per heavy atom. The first-order chi connectivity index (χ1) is 8.66. The molecule has 1 aromatic carbocycles. The standard InChI is InChI=1S/C15H18BrClO/c16-14-8-7-12(17)10-13(14)15(18)9-6-11-4-2-1-3-5-11/h7-8,10-11H,1-6,9H2. The highest BCUT2D eigenvalue weighted by molar-refractivity contribution is 9.10. The maximum Gasteiger partial charge on any atom is 0.164 e. The summed E-state index contributed by atoms with van der Waals surface area (Å²) in [5, 5.41) is 0.624. The molecule has 1 aromatic rings. The molecule has 1 aliphatic rings. The lowest BCUT2D eigenvalue weighted by atomic mass is 9.85. The molecule has 18 heavy (non-hydrogen) atoms. The maximum atomic E-state index is 12.2. The summed E-state index contributed by atoms with van der Waals surface area (Å²) in [6.07, 6.45) is 8.29. The number of benzene rings is 1. The molecular weight excluding hydrogens is 312 g/mol. The third kappa shape index (κ3) is 3.83. The highest BCUT2D eigenvalue weighted by Gasteiger charge is 2.16. The average molecular weight is 330 g/mol. The Balaban J connectivity index is 1.92. The molecule has 0 amide bonds. The Bertz CT molecular complexity index is 425. The van der Waals surface area contributed by atoms with Crippen LogP contribution in [0, 0.1) is 5.92 Å². The summed E-state index contributed by atoms with van der Waals surface area (Å²) in [6, 6.07) is 5.40. The molecule has 0 atom stereocenters. The second-order valence-corrected chi connectivity index (χ2v) is 6.38. The van der Waals surface area contributed by atoms with E-state index < -0.39 is 0 Å². The number of ketones is 1. The Morgan fingerprint density at radius 3 is 2.72 bits per heavy atom. The Hall–Kier alpha value is -0.340. The van der Waals surface area contributed by atoms with Crippen LogP contribution >= 0.6 is 27.5 Å². The first-order valence-electron chi connectivity index (χ1n) is 6.65. The Morgan fingerprint density at radius 1 is 1.28 bits per heavy atom. The van der Waals surface area contributed by atoms with E-state index in [-0.39, 0.29) is 5.78 Å². The predicted molar refractivity (Wildman–Crippen MR) is 79.3 cm³/mol. The topological polar surface area (TPSA) is 17.1 Å². The van der Waals surface area contributed by atoms with Gasteiger partial charge >= 0.3 is 0 Å². The van der Waals surface area contributed by atoms with E-state index in [0.29, 0.717) is 11.4 Å². The van der Waals surface area contributed by atoms with Gasteiger partial charge in [0.2, 0.25) is 0 Å². The van der Waals surface area contributed by atoms with Crippen molar-refractivity contribution in [2.24, 2.45) is 5.92 Å². The summed E-state index contributed by atoms with van der Waals surface area (Å²) < 4.78 is 0.848. The molecule has 1 fully saturated rings. The molecule has 0 aliphatic heterocycles. The van der Waals surface area contributed by atoms with Crippen LogP contribution in [0.1, 0.15) is 55.3 Å². The minimum atomic E-state index is 0.204. The lowest BCUT2D eigenvalue weighted by molar-refractivity contribution is 0.0969. The van der Waals surface area contributed by atoms with Gasteiger partial charge in [-0.05, 0) is 30.5 Å². The molecule has 0 aromatic heterocycles. The van der Waals surface area contributed by atoms with Gasteiger partial charge in [-0.3, -0.25) is 4.79 Å². The van der Waals surface area contributed by atoms with Crippen LogP contribution < -0.4 is 0 Å². The van der Waals surface area contributed by atoms with E-state index in [1.54, 1.807) is 12.1 Å². The Kier molecular flexibility index (Phi) is 5.25. The SMILES string of the molecule is O=C(CCC1CCCCC1)c1cc(Cl)ccc1Br. The van der Waals surface area contributed by atoms with E-state index in [1.807, 2.05) is 6.07 Å². The Labute approximate surface area is 122 Å². The second-order valence-electron chi connectivity index (χ2n) is 5.09. The van der Waals surface area contributed by atoms with Crippen molar-refractivity contribution in [3.8, 4) is 0 Å². The summed E-state index contributed by atoms with van der Waals surface area (Å²) in [5.74, 6) is 0.954. The molecule has 0 unspecified atom stereocenters. The van der Waals surface area contributed by atoms with E-state index in [9.17, 15) is 4.79 Å². The van der Waals surface area contributed by atoms with Gasteiger partial charge in [0.25, 0.3) is 0 Å². The van der Waals surface area contributed by atoms with Gasteiger partial charge in [-0.15, -0.1) is 0 Å². The number of carbonyl (C=O) groups excluding carboxylic acids is 1. The first kappa shape index (κ1) is 14.1. The van der Waals surface area contributed by atoms with Crippen molar-refractivity contribution in [1.29, 1.82) is 0 Å². The van der Waals surface area contributed by atoms with E-state index in [2.05, 4.69) is 15.9 Å². The van der Waals surface area contributed by atoms with Gasteiger partial charge in [0.1, 0.15) is 0 Å². The van der Waals surface area contributed by atoms with Gasteiger partial charge in [0.05, 0.1) is 0 Å². The van der Waals surface area contributed by atoms with Crippen LogP contribution in [-0.2, 0) is 0 Å². The lowest BCUT2D eigenvalue weighted by Crippen LogP contribution is -2.09. The summed E-state index contributed by atoms with van der Waals surface area (Å²) in [5.41, 5.74) is 0.721. The fraction of sp³-hybridized carbons (Fsp3) is 0.533. The predicted octanol–water partition coefficient (Wildman–Crippen LogP) is 5.65. The fourth-order valence-electron chi connectivity index (χ4n) is 2.66. The van der Waals surface area contributed by atoms with Crippen molar-refractivity contribution >= 4 is 33.3 Å². The molecule has 0 N–H and O–H groups in total. The normalized spacial score (nSPS) is 16.8. The van der Waals surface area contributed by atoms with Gasteiger partial charge in [-0.1, -0.05) is 59.6 Å². The largest absolute Gasteiger partial charge is 0.294 e. The molecule has 1 saturated carbocycles. The van der Waals surface area contributed by atoms with Crippen molar-refractivity contribution in [3.63, 3.8) is 0 Å². The number of carbonyl (C=O) groups is 1. The van der Waals surface area contributed by atoms with E-state index in [4.69, 9.17) is 11.6 Å². The van der Waals surface area contributed by atoms with Crippen LogP contribution in [0.2, 0.25) is 5.02 Å². The van der Waals surface area contributed by atoms with Gasteiger partial charge in [-0.25, -0.2) is 0 Å². The second kappa shape index (κ2) is 6.72. The van der Waals surface area contributed by atoms with Crippen LogP contribution in [-0.4, -0.2) is 5.78 Å². The molecule has 0 spiro atoms. The number of Topliss-reactive ketones (excluding diaryl/α,β-unsaturated/α-hetero) is 1. The van der Waals surface area contributed by atoms with Gasteiger partial charge in [0.15, 0.2) is 5.78 Å². The summed E-state index contributed by atoms with van der Waals surface area (Å²) in [7, 11) is 0. The minimum Gasteiger partial charge on any atom is -0.294 e. The summed E-state index contributed by atoms with van der Waals surface area (Å²) in [6.45, 7) is 0. The molecule has 0 heterocycles. The summed E-state index contributed by atoms with van der Waals surface area (Å²) >= 11 is 9.35. The number of halogens is 2. The van der Waals surface area contributed by atoms with Crippen molar-refractivity contribution in [3.05, 3.63) is 33.3 Å². The maximum absolute atomic E-state index is 12.2. The van der Waals surface area contributed by atoms with Gasteiger partial charge in [-0.2, -0.15) is 0 Å². The van der Waals surface area contributed by atoms with Crippen LogP contribution in [0.4, 0.5) is 0 Å². The molecule has 1 aliphatic carbocycles. The molecule has 3 heteroatoms. The molecule has 0 saturated heterocycles. The van der Waals surface area contributed by atoms with Crippen LogP contribution in [0.15, 0.2) is 22.7 Å². The molecule has 1 nitrogen and oxygen atoms in total. The third-order valence-electron chi connectivity index (χ3n) is 3.73. The number of hydrogen-bond acceptors (Lipinski definition) is 1. The molecule has 0 radical (unpaired) electrons. The molecular formula is C15H18BrClO. The first-order valence-corrected chi connectivity index (χ1v) is 7.82. The van der Waals surface area contributed by atoms with Crippen molar-refractivity contribution in [1.82, 2.24) is 0 Å². The minimum absolute atomic E-state index is 0.204. The fourth-order valence-corrected chi connectivity index (χ4v) is 3.30. The van der Waals surface area contributed by atoms with E-state index in [1.165, 1.54) is 32.1 Å². The van der Waals surface area contributed by atoms with Crippen molar-refractivity contribution in [2.75, 3.05) is 0 Å². The van der Waals surface area contributed by atoms with Crippen LogP contribution in [0.3, 0.4) is 0 Å². The highest BCUT2D eigenvalue weighted by atomic mass is 79.9. The van der Waals surface area contributed by atoms with Crippen LogP contribution in [0.5, 0.6) is 0 Å². The van der Waals surface area contributed by atoms with Gasteiger partial charge in [0, 0.05) is 21.5 Å².